The van der Waals surface area contributed by atoms with E-state index >= 15 is 0 Å². The lowest BCUT2D eigenvalue weighted by molar-refractivity contribution is 0.354. The van der Waals surface area contributed by atoms with Gasteiger partial charge in [-0.3, -0.25) is 0 Å². The lowest BCUT2D eigenvalue weighted by atomic mass is 9.94. The predicted octanol–water partition coefficient (Wildman–Crippen LogP) is 4.72. The van der Waals surface area contributed by atoms with Gasteiger partial charge in [0.1, 0.15) is 5.82 Å². The molecule has 2 heterocycles. The van der Waals surface area contributed by atoms with E-state index in [1.807, 2.05) is 24.3 Å². The number of methoxy groups -OCH3 is 2. The highest BCUT2D eigenvalue weighted by atomic mass is 35.5. The molecule has 27 heavy (non-hydrogen) atoms. The highest BCUT2D eigenvalue weighted by molar-refractivity contribution is 6.33. The zero-order valence-electron chi connectivity index (χ0n) is 15.6. The van der Waals surface area contributed by atoms with Gasteiger partial charge in [-0.05, 0) is 55.1 Å². The van der Waals surface area contributed by atoms with Gasteiger partial charge in [0.25, 0.3) is 0 Å². The van der Waals surface area contributed by atoms with E-state index in [0.29, 0.717) is 28.5 Å². The minimum atomic E-state index is -0.130. The van der Waals surface area contributed by atoms with E-state index in [2.05, 4.69) is 10.3 Å². The number of nitrogens with one attached hydrogen (secondary N) is 2. The molecule has 142 valence electrons. The van der Waals surface area contributed by atoms with Crippen LogP contribution in [0.3, 0.4) is 0 Å². The summed E-state index contributed by atoms with van der Waals surface area (Å²) in [6.45, 7) is 2.60. The third-order valence-corrected chi connectivity index (χ3v) is 5.75. The minimum Gasteiger partial charge on any atom is -0.493 e. The van der Waals surface area contributed by atoms with E-state index in [4.69, 9.17) is 21.1 Å². The number of hydrogen-bond acceptors (Lipinski definition) is 3. The first-order chi connectivity index (χ1) is 13.0. The zero-order valence-corrected chi connectivity index (χ0v) is 16.3. The molecule has 1 aliphatic rings. The van der Waals surface area contributed by atoms with Gasteiger partial charge in [0.15, 0.2) is 11.5 Å². The summed E-state index contributed by atoms with van der Waals surface area (Å²) in [6, 6.07) is 7.60. The monoisotopic (exact) mass is 388 g/mol. The number of ether oxygens (including phenoxy) is 2. The number of fused-ring (bicyclic) bond motifs is 3. The molecule has 0 bridgehead atoms. The van der Waals surface area contributed by atoms with Crippen molar-refractivity contribution in [2.24, 2.45) is 0 Å². The largest absolute Gasteiger partial charge is 0.493 e. The van der Waals surface area contributed by atoms with Crippen LogP contribution in [0.4, 0.5) is 4.39 Å². The Kier molecular flexibility index (Phi) is 4.74. The van der Waals surface area contributed by atoms with Gasteiger partial charge in [0.2, 0.25) is 0 Å². The molecule has 4 nitrogen and oxygen atoms in total. The Bertz CT molecular complexity index is 1020. The number of aryl methyl sites for hydroxylation is 1. The van der Waals surface area contributed by atoms with Crippen molar-refractivity contribution in [3.05, 3.63) is 57.5 Å². The predicted molar refractivity (Wildman–Crippen MR) is 106 cm³/mol. The van der Waals surface area contributed by atoms with Crippen molar-refractivity contribution in [1.82, 2.24) is 10.3 Å². The third-order valence-electron chi connectivity index (χ3n) is 5.33. The molecular weight excluding hydrogens is 367 g/mol. The molecule has 1 atom stereocenters. The van der Waals surface area contributed by atoms with Crippen molar-refractivity contribution < 1.29 is 13.9 Å². The number of aromatic nitrogens is 1. The first-order valence-corrected chi connectivity index (χ1v) is 9.35. The fourth-order valence-corrected chi connectivity index (χ4v) is 4.26. The van der Waals surface area contributed by atoms with Crippen LogP contribution in [0.1, 0.15) is 28.4 Å². The lowest BCUT2D eigenvalue weighted by Crippen LogP contribution is -2.31. The number of H-pyrrole nitrogens is 1. The van der Waals surface area contributed by atoms with E-state index in [0.717, 1.165) is 40.7 Å². The Morgan fingerprint density at radius 3 is 2.74 bits per heavy atom. The number of benzene rings is 2. The smallest absolute Gasteiger partial charge is 0.179 e. The molecule has 0 radical (unpaired) electrons. The maximum atomic E-state index is 14.7. The molecule has 2 aromatic carbocycles. The second-order valence-electron chi connectivity index (χ2n) is 6.87. The minimum absolute atomic E-state index is 0.0245. The average molecular weight is 389 g/mol. The van der Waals surface area contributed by atoms with Crippen LogP contribution >= 0.6 is 11.6 Å². The maximum Gasteiger partial charge on any atom is 0.179 e. The summed E-state index contributed by atoms with van der Waals surface area (Å²) < 4.78 is 25.4. The van der Waals surface area contributed by atoms with E-state index < -0.39 is 0 Å². The zero-order chi connectivity index (χ0) is 19.1. The van der Waals surface area contributed by atoms with Crippen molar-refractivity contribution in [1.29, 1.82) is 0 Å². The van der Waals surface area contributed by atoms with Gasteiger partial charge >= 0.3 is 0 Å². The van der Waals surface area contributed by atoms with E-state index in [9.17, 15) is 4.39 Å². The van der Waals surface area contributed by atoms with Gasteiger partial charge in [0, 0.05) is 16.6 Å². The Balaban J connectivity index is 1.75. The summed E-state index contributed by atoms with van der Waals surface area (Å²) in [5.74, 6) is 1.01. The van der Waals surface area contributed by atoms with E-state index in [-0.39, 0.29) is 11.9 Å². The molecule has 6 heteroatoms. The molecular formula is C21H22ClFN2O2. The van der Waals surface area contributed by atoms with Crippen molar-refractivity contribution in [2.75, 3.05) is 20.8 Å². The molecule has 0 unspecified atom stereocenters. The Morgan fingerprint density at radius 1 is 1.19 bits per heavy atom. The normalized spacial score (nSPS) is 16.4. The molecule has 0 aliphatic carbocycles. The summed E-state index contributed by atoms with van der Waals surface area (Å²) in [7, 11) is 3.16. The van der Waals surface area contributed by atoms with Gasteiger partial charge in [-0.25, -0.2) is 4.39 Å². The topological polar surface area (TPSA) is 46.3 Å². The van der Waals surface area contributed by atoms with Crippen molar-refractivity contribution >= 4 is 22.5 Å². The van der Waals surface area contributed by atoms with Crippen LogP contribution in [-0.4, -0.2) is 25.7 Å². The standard InChI is InChI=1S/C21H22ClFN2O2/c1-11-4-6-14-17(19(11)23)13-8-9-24-15(20(13)25-14)10-12-5-7-16(26-2)21(27-3)18(12)22/h4-7,15,24-25H,8-10H2,1-3H3/t15-/m1/s1. The van der Waals surface area contributed by atoms with Crippen LogP contribution in [0, 0.1) is 12.7 Å². The number of aromatic amines is 1. The molecule has 3 aromatic rings. The van der Waals surface area contributed by atoms with E-state index in [1.54, 1.807) is 21.1 Å². The van der Waals surface area contributed by atoms with Crippen LogP contribution in [0.5, 0.6) is 11.5 Å². The van der Waals surface area contributed by atoms with Gasteiger partial charge in [-0.2, -0.15) is 0 Å². The highest BCUT2D eigenvalue weighted by Crippen LogP contribution is 2.40. The SMILES string of the molecule is COc1ccc(C[C@H]2NCCc3c2[nH]c2ccc(C)c(F)c32)c(Cl)c1OC. The second-order valence-corrected chi connectivity index (χ2v) is 7.25. The van der Waals surface area contributed by atoms with Crippen molar-refractivity contribution in [3.63, 3.8) is 0 Å². The molecule has 0 saturated carbocycles. The lowest BCUT2D eigenvalue weighted by Gasteiger charge is -2.25. The Morgan fingerprint density at radius 2 is 2.00 bits per heavy atom. The van der Waals surface area contributed by atoms with Crippen LogP contribution in [0.2, 0.25) is 5.02 Å². The number of hydrogen-bond donors (Lipinski definition) is 2. The average Bonchev–Trinajstić information content (AvgIpc) is 3.06. The van der Waals surface area contributed by atoms with Gasteiger partial charge in [-0.15, -0.1) is 0 Å². The third kappa shape index (κ3) is 2.95. The maximum absolute atomic E-state index is 14.7. The first-order valence-electron chi connectivity index (χ1n) is 8.97. The van der Waals surface area contributed by atoms with Crippen LogP contribution < -0.4 is 14.8 Å². The summed E-state index contributed by atoms with van der Waals surface area (Å²) in [6.07, 6.45) is 1.46. The molecule has 4 rings (SSSR count). The number of rotatable bonds is 4. The van der Waals surface area contributed by atoms with Crippen molar-refractivity contribution in [3.8, 4) is 11.5 Å². The summed E-state index contributed by atoms with van der Waals surface area (Å²) in [5.41, 5.74) is 4.56. The molecule has 2 N–H and O–H groups in total. The quantitative estimate of drug-likeness (QED) is 0.680. The summed E-state index contributed by atoms with van der Waals surface area (Å²) in [5, 5.41) is 4.79. The van der Waals surface area contributed by atoms with Crippen LogP contribution in [-0.2, 0) is 12.8 Å². The van der Waals surface area contributed by atoms with Crippen LogP contribution in [0.15, 0.2) is 24.3 Å². The summed E-state index contributed by atoms with van der Waals surface area (Å²) in [4.78, 5) is 3.42. The number of halogens is 2. The molecule has 1 aromatic heterocycles. The molecule has 1 aliphatic heterocycles. The summed E-state index contributed by atoms with van der Waals surface area (Å²) >= 11 is 6.56. The second kappa shape index (κ2) is 7.06. The Labute approximate surface area is 162 Å². The first kappa shape index (κ1) is 18.1. The molecule has 0 spiro atoms. The van der Waals surface area contributed by atoms with Gasteiger partial charge < -0.3 is 19.8 Å². The molecule has 0 saturated heterocycles. The van der Waals surface area contributed by atoms with Gasteiger partial charge in [-0.1, -0.05) is 23.7 Å². The Hall–Kier alpha value is -2.24. The van der Waals surface area contributed by atoms with E-state index in [1.165, 1.54) is 0 Å². The van der Waals surface area contributed by atoms with Gasteiger partial charge in [0.05, 0.1) is 25.3 Å². The fourth-order valence-electron chi connectivity index (χ4n) is 3.95. The molecule has 0 fully saturated rings. The van der Waals surface area contributed by atoms with Crippen LogP contribution in [0.25, 0.3) is 10.9 Å². The highest BCUT2D eigenvalue weighted by Gasteiger charge is 2.27. The fraction of sp³-hybridized carbons (Fsp3) is 0.333. The molecule has 0 amide bonds. The van der Waals surface area contributed by atoms with Crippen molar-refractivity contribution in [2.45, 2.75) is 25.8 Å².